The van der Waals surface area contributed by atoms with E-state index in [2.05, 4.69) is 10.3 Å². The maximum Gasteiger partial charge on any atom is 0.328 e. The van der Waals surface area contributed by atoms with Gasteiger partial charge in [0.2, 0.25) is 0 Å². The summed E-state index contributed by atoms with van der Waals surface area (Å²) in [6.45, 7) is 0.241. The van der Waals surface area contributed by atoms with Crippen molar-refractivity contribution in [2.75, 3.05) is 11.9 Å². The first-order valence-electron chi connectivity index (χ1n) is 8.37. The molecule has 1 atom stereocenters. The average molecular weight is 351 g/mol. The van der Waals surface area contributed by atoms with E-state index in [1.54, 1.807) is 12.1 Å². The van der Waals surface area contributed by atoms with Crippen molar-refractivity contribution in [1.82, 2.24) is 4.98 Å². The summed E-state index contributed by atoms with van der Waals surface area (Å²) in [5, 5.41) is 15.0. The first-order chi connectivity index (χ1) is 12.6. The van der Waals surface area contributed by atoms with E-state index in [0.717, 1.165) is 27.7 Å². The number of esters is 1. The zero-order valence-corrected chi connectivity index (χ0v) is 13.9. The summed E-state index contributed by atoms with van der Waals surface area (Å²) >= 11 is 0. The summed E-state index contributed by atoms with van der Waals surface area (Å²) in [5.74, 6) is -0.285. The van der Waals surface area contributed by atoms with Gasteiger partial charge in [0.1, 0.15) is 6.04 Å². The number of nitro benzene ring substituents is 1. The van der Waals surface area contributed by atoms with Crippen LogP contribution in [0.5, 0.6) is 0 Å². The molecule has 132 valence electrons. The number of H-pyrrole nitrogens is 1. The van der Waals surface area contributed by atoms with Crippen LogP contribution >= 0.6 is 0 Å². The molecule has 4 rings (SSSR count). The molecule has 2 N–H and O–H groups in total. The summed E-state index contributed by atoms with van der Waals surface area (Å²) in [6, 6.07) is 11.8. The van der Waals surface area contributed by atoms with Crippen molar-refractivity contribution in [3.63, 3.8) is 0 Å². The van der Waals surface area contributed by atoms with E-state index in [-0.39, 0.29) is 24.3 Å². The number of non-ortho nitro benzene ring substituents is 1. The van der Waals surface area contributed by atoms with Gasteiger partial charge in [0.05, 0.1) is 11.5 Å². The number of anilines is 1. The molecule has 0 aliphatic carbocycles. The molecule has 3 aromatic rings. The maximum atomic E-state index is 12.3. The molecule has 2 heterocycles. The van der Waals surface area contributed by atoms with Crippen LogP contribution in [0.2, 0.25) is 0 Å². The monoisotopic (exact) mass is 351 g/mol. The molecule has 0 spiro atoms. The molecule has 0 saturated carbocycles. The normalized spacial score (nSPS) is 15.5. The molecular formula is C19H17N3O4. The lowest BCUT2D eigenvalue weighted by Gasteiger charge is -2.11. The number of carbonyl (C=O) groups is 1. The van der Waals surface area contributed by atoms with Gasteiger partial charge < -0.3 is 15.0 Å². The Morgan fingerprint density at radius 1 is 1.19 bits per heavy atom. The number of nitro groups is 1. The third kappa shape index (κ3) is 2.99. The first kappa shape index (κ1) is 16.1. The Morgan fingerprint density at radius 3 is 2.77 bits per heavy atom. The van der Waals surface area contributed by atoms with Crippen LogP contribution < -0.4 is 5.32 Å². The Balaban J connectivity index is 1.33. The molecule has 26 heavy (non-hydrogen) atoms. The number of aromatic nitrogens is 1. The van der Waals surface area contributed by atoms with Crippen molar-refractivity contribution in [3.05, 3.63) is 69.9 Å². The number of ether oxygens (including phenoxy) is 1. The zero-order chi connectivity index (χ0) is 18.1. The molecule has 2 aromatic carbocycles. The molecule has 1 aliphatic heterocycles. The lowest BCUT2D eigenvalue weighted by Crippen LogP contribution is -2.29. The predicted molar refractivity (Wildman–Crippen MR) is 97.2 cm³/mol. The second-order valence-electron chi connectivity index (χ2n) is 6.27. The summed E-state index contributed by atoms with van der Waals surface area (Å²) in [5.41, 5.74) is 4.09. The molecule has 0 radical (unpaired) electrons. The third-order valence-electron chi connectivity index (χ3n) is 4.65. The van der Waals surface area contributed by atoms with Crippen LogP contribution in [0.1, 0.15) is 11.1 Å². The Labute approximate surface area is 149 Å². The van der Waals surface area contributed by atoms with Crippen LogP contribution in [-0.4, -0.2) is 28.5 Å². The first-order valence-corrected chi connectivity index (χ1v) is 8.37. The number of carbonyl (C=O) groups excluding carboxylic acids is 1. The van der Waals surface area contributed by atoms with Gasteiger partial charge in [-0.15, -0.1) is 0 Å². The second-order valence-corrected chi connectivity index (χ2v) is 6.27. The van der Waals surface area contributed by atoms with Crippen molar-refractivity contribution in [2.45, 2.75) is 18.9 Å². The highest BCUT2D eigenvalue weighted by Crippen LogP contribution is 2.32. The lowest BCUT2D eigenvalue weighted by atomic mass is 10.1. The number of benzene rings is 2. The van der Waals surface area contributed by atoms with E-state index in [4.69, 9.17) is 4.74 Å². The third-order valence-corrected chi connectivity index (χ3v) is 4.65. The molecule has 1 aliphatic rings. The van der Waals surface area contributed by atoms with E-state index in [0.29, 0.717) is 12.8 Å². The molecule has 0 amide bonds. The van der Waals surface area contributed by atoms with Gasteiger partial charge in [-0.1, -0.05) is 12.1 Å². The van der Waals surface area contributed by atoms with Crippen molar-refractivity contribution >= 4 is 28.2 Å². The van der Waals surface area contributed by atoms with Gasteiger partial charge in [0.15, 0.2) is 0 Å². The van der Waals surface area contributed by atoms with Gasteiger partial charge in [0, 0.05) is 47.8 Å². The van der Waals surface area contributed by atoms with E-state index in [1.807, 2.05) is 24.4 Å². The van der Waals surface area contributed by atoms with Gasteiger partial charge in [-0.25, -0.2) is 4.79 Å². The summed E-state index contributed by atoms with van der Waals surface area (Å²) < 4.78 is 5.39. The Morgan fingerprint density at radius 2 is 2.00 bits per heavy atom. The minimum atomic E-state index is -0.436. The van der Waals surface area contributed by atoms with Gasteiger partial charge in [-0.2, -0.15) is 0 Å². The minimum Gasteiger partial charge on any atom is -0.464 e. The van der Waals surface area contributed by atoms with Gasteiger partial charge >= 0.3 is 5.97 Å². The van der Waals surface area contributed by atoms with Gasteiger partial charge in [-0.3, -0.25) is 10.1 Å². The average Bonchev–Trinajstić information content (AvgIpc) is 3.28. The van der Waals surface area contributed by atoms with Crippen molar-refractivity contribution in [1.29, 1.82) is 0 Å². The molecule has 0 bridgehead atoms. The van der Waals surface area contributed by atoms with Gasteiger partial charge in [0.25, 0.3) is 5.69 Å². The van der Waals surface area contributed by atoms with Crippen LogP contribution in [0.4, 0.5) is 11.4 Å². The van der Waals surface area contributed by atoms with Gasteiger partial charge in [-0.05, 0) is 29.3 Å². The number of rotatable bonds is 5. The van der Waals surface area contributed by atoms with Crippen LogP contribution in [0.15, 0.2) is 48.7 Å². The van der Waals surface area contributed by atoms with Crippen LogP contribution in [0, 0.1) is 10.1 Å². The number of nitrogens with one attached hydrogen (secondary N) is 2. The minimum absolute atomic E-state index is 0.0507. The summed E-state index contributed by atoms with van der Waals surface area (Å²) in [4.78, 5) is 25.7. The van der Waals surface area contributed by atoms with Crippen LogP contribution in [0.25, 0.3) is 10.9 Å². The molecule has 1 aromatic heterocycles. The van der Waals surface area contributed by atoms with E-state index < -0.39 is 4.92 Å². The molecular weight excluding hydrogens is 334 g/mol. The molecule has 0 saturated heterocycles. The summed E-state index contributed by atoms with van der Waals surface area (Å²) in [6.07, 6.45) is 3.01. The number of aromatic amines is 1. The number of nitrogens with zero attached hydrogens (tertiary/aromatic N) is 1. The highest BCUT2D eigenvalue weighted by Gasteiger charge is 2.29. The number of fused-ring (bicyclic) bond motifs is 3. The van der Waals surface area contributed by atoms with Crippen LogP contribution in [0.3, 0.4) is 0 Å². The maximum absolute atomic E-state index is 12.3. The number of hydrogen-bond acceptors (Lipinski definition) is 5. The Kier molecular flexibility index (Phi) is 4.04. The fraction of sp³-hybridized carbons (Fsp3) is 0.211. The molecule has 1 unspecified atom stereocenters. The van der Waals surface area contributed by atoms with E-state index in [9.17, 15) is 14.9 Å². The second kappa shape index (κ2) is 6.51. The SMILES string of the molecule is O=C(OCCc1ccc([N+](=O)[O-])cc1)C1Cc2c(ccc3[nH]ccc23)N1. The number of hydrogen-bond donors (Lipinski definition) is 2. The molecule has 7 heteroatoms. The quantitative estimate of drug-likeness (QED) is 0.418. The molecule has 7 nitrogen and oxygen atoms in total. The highest BCUT2D eigenvalue weighted by molar-refractivity contribution is 5.93. The van der Waals surface area contributed by atoms with Crippen LogP contribution in [-0.2, 0) is 22.4 Å². The Bertz CT molecular complexity index is 978. The van der Waals surface area contributed by atoms with Crippen molar-refractivity contribution < 1.29 is 14.5 Å². The highest BCUT2D eigenvalue weighted by atomic mass is 16.6. The molecule has 0 fully saturated rings. The fourth-order valence-electron chi connectivity index (χ4n) is 3.29. The predicted octanol–water partition coefficient (Wildman–Crippen LogP) is 3.20. The van der Waals surface area contributed by atoms with E-state index in [1.165, 1.54) is 12.1 Å². The fourth-order valence-corrected chi connectivity index (χ4v) is 3.29. The largest absolute Gasteiger partial charge is 0.464 e. The van der Waals surface area contributed by atoms with Crippen molar-refractivity contribution in [3.8, 4) is 0 Å². The smallest absolute Gasteiger partial charge is 0.328 e. The van der Waals surface area contributed by atoms with E-state index >= 15 is 0 Å². The zero-order valence-electron chi connectivity index (χ0n) is 13.9. The van der Waals surface area contributed by atoms with Crippen molar-refractivity contribution in [2.24, 2.45) is 0 Å². The topological polar surface area (TPSA) is 97.3 Å². The standard InChI is InChI=1S/C19H17N3O4/c23-19(26-10-8-12-1-3-13(4-2-12)22(24)25)18-11-15-14-7-9-20-16(14)5-6-17(15)21-18/h1-7,9,18,20-21H,8,10-11H2. The summed E-state index contributed by atoms with van der Waals surface area (Å²) in [7, 11) is 0. The lowest BCUT2D eigenvalue weighted by molar-refractivity contribution is -0.384. The Hall–Kier alpha value is -3.35.